The van der Waals surface area contributed by atoms with E-state index >= 15 is 0 Å². The Bertz CT molecular complexity index is 63.8. The van der Waals surface area contributed by atoms with E-state index in [1.54, 1.807) is 6.92 Å². The zero-order valence-corrected chi connectivity index (χ0v) is 6.44. The maximum atomic E-state index is 8.98. The molecule has 0 fully saturated rings. The summed E-state index contributed by atoms with van der Waals surface area (Å²) >= 11 is 0. The van der Waals surface area contributed by atoms with Crippen LogP contribution in [0.2, 0.25) is 0 Å². The Kier molecular flexibility index (Phi) is 3.17. The molecular formula is C4H15O3P. The van der Waals surface area contributed by atoms with Crippen molar-refractivity contribution in [2.24, 2.45) is 0 Å². The predicted molar refractivity (Wildman–Crippen MR) is 37.4 cm³/mol. The van der Waals surface area contributed by atoms with Gasteiger partial charge < -0.3 is 5.48 Å². The van der Waals surface area contributed by atoms with Crippen molar-refractivity contribution in [2.75, 3.05) is 19.5 Å². The van der Waals surface area contributed by atoms with Crippen molar-refractivity contribution in [3.8, 4) is 0 Å². The first kappa shape index (κ1) is 11.2. The number of rotatable bonds is 1. The second-order valence-corrected chi connectivity index (χ2v) is 7.70. The van der Waals surface area contributed by atoms with Crippen LogP contribution < -0.4 is 0 Å². The van der Waals surface area contributed by atoms with Crippen LogP contribution in [0.3, 0.4) is 0 Å². The van der Waals surface area contributed by atoms with Gasteiger partial charge in [-0.2, -0.15) is 0 Å². The summed E-state index contributed by atoms with van der Waals surface area (Å²) in [6, 6.07) is 0. The third-order valence-electron chi connectivity index (χ3n) is 0.915. The van der Waals surface area contributed by atoms with Gasteiger partial charge in [0.15, 0.2) is 0 Å². The van der Waals surface area contributed by atoms with E-state index in [2.05, 4.69) is 0 Å². The first-order valence-electron chi connectivity index (χ1n) is 2.32. The monoisotopic (exact) mass is 142 g/mol. The normalized spacial score (nSPS) is 15.9. The maximum absolute atomic E-state index is 8.98. The third kappa shape index (κ3) is 9.58. The SMILES string of the molecule is CCP(C)(C)(O)O.O. The van der Waals surface area contributed by atoms with Gasteiger partial charge in [0, 0.05) is 0 Å². The van der Waals surface area contributed by atoms with Crippen LogP contribution in [0, 0.1) is 0 Å². The quantitative estimate of drug-likeness (QED) is 0.498. The van der Waals surface area contributed by atoms with Gasteiger partial charge >= 0.3 is 43.3 Å². The molecule has 0 unspecified atom stereocenters. The fourth-order valence-corrected chi connectivity index (χ4v) is 0. The van der Waals surface area contributed by atoms with Gasteiger partial charge in [-0.15, -0.1) is 0 Å². The average Bonchev–Trinajstić information content (AvgIpc) is 1.32. The Balaban J connectivity index is 0. The van der Waals surface area contributed by atoms with Gasteiger partial charge in [-0.1, -0.05) is 0 Å². The molecule has 0 heterocycles. The summed E-state index contributed by atoms with van der Waals surface area (Å²) in [5.74, 6) is 0. The molecule has 4 N–H and O–H groups in total. The average molecular weight is 142 g/mol. The Hall–Kier alpha value is 0.310. The summed E-state index contributed by atoms with van der Waals surface area (Å²) in [5.41, 5.74) is 0. The van der Waals surface area contributed by atoms with Crippen molar-refractivity contribution >= 4 is 7.06 Å². The summed E-state index contributed by atoms with van der Waals surface area (Å²) in [6.07, 6.45) is 0.478. The summed E-state index contributed by atoms with van der Waals surface area (Å²) in [7, 11) is -3.08. The molecule has 0 aliphatic rings. The second kappa shape index (κ2) is 2.28. The van der Waals surface area contributed by atoms with Gasteiger partial charge in [-0.05, 0) is 0 Å². The molecule has 0 saturated carbocycles. The van der Waals surface area contributed by atoms with E-state index in [1.165, 1.54) is 13.3 Å². The Morgan fingerprint density at radius 1 is 1.25 bits per heavy atom. The molecule has 0 aromatic rings. The fraction of sp³-hybridized carbons (Fsp3) is 1.00. The summed E-state index contributed by atoms with van der Waals surface area (Å²) < 4.78 is 0. The number of hydrogen-bond donors (Lipinski definition) is 2. The molecule has 0 bridgehead atoms. The van der Waals surface area contributed by atoms with Crippen molar-refractivity contribution in [3.63, 3.8) is 0 Å². The molecule has 0 aliphatic heterocycles. The van der Waals surface area contributed by atoms with Crippen LogP contribution in [-0.4, -0.2) is 34.8 Å². The second-order valence-electron chi connectivity index (χ2n) is 2.57. The molecule has 0 aromatic heterocycles. The van der Waals surface area contributed by atoms with Gasteiger partial charge in [0.05, 0.1) is 0 Å². The van der Waals surface area contributed by atoms with Crippen LogP contribution in [0.1, 0.15) is 6.92 Å². The Morgan fingerprint density at radius 2 is 1.38 bits per heavy atom. The molecule has 54 valence electrons. The van der Waals surface area contributed by atoms with E-state index in [-0.39, 0.29) is 5.48 Å². The first-order valence-corrected chi connectivity index (χ1v) is 5.54. The minimum absolute atomic E-state index is 0. The third-order valence-corrected chi connectivity index (χ3v) is 2.75. The van der Waals surface area contributed by atoms with Crippen molar-refractivity contribution < 1.29 is 15.3 Å². The summed E-state index contributed by atoms with van der Waals surface area (Å²) in [4.78, 5) is 18.0. The maximum Gasteiger partial charge on any atom is -0.412 e. The first-order chi connectivity index (χ1) is 2.81. The molecular weight excluding hydrogens is 127 g/mol. The predicted octanol–water partition coefficient (Wildman–Crippen LogP) is -0.191. The Labute approximate surface area is 49.7 Å². The van der Waals surface area contributed by atoms with E-state index in [9.17, 15) is 0 Å². The molecule has 0 rings (SSSR count). The smallest absolute Gasteiger partial charge is 0.412 e. The Morgan fingerprint density at radius 3 is 1.38 bits per heavy atom. The van der Waals surface area contributed by atoms with E-state index in [0.717, 1.165) is 0 Å². The molecule has 8 heavy (non-hydrogen) atoms. The van der Waals surface area contributed by atoms with Crippen LogP contribution in [0.15, 0.2) is 0 Å². The molecule has 0 amide bonds. The van der Waals surface area contributed by atoms with Gasteiger partial charge in [-0.25, -0.2) is 0 Å². The standard InChI is InChI=1S/C4H13O2P.H2O/c1-4-7(2,3,5)6;/h5-6H,4H2,1-3H3;1H2. The molecule has 0 aliphatic carbocycles. The van der Waals surface area contributed by atoms with Gasteiger partial charge in [-0.3, -0.25) is 0 Å². The molecule has 4 heteroatoms. The van der Waals surface area contributed by atoms with Crippen LogP contribution >= 0.6 is 7.06 Å². The van der Waals surface area contributed by atoms with Crippen molar-refractivity contribution in [2.45, 2.75) is 6.92 Å². The molecule has 0 saturated heterocycles. The van der Waals surface area contributed by atoms with Crippen molar-refractivity contribution in [1.82, 2.24) is 0 Å². The largest absolute Gasteiger partial charge is 0.412 e. The van der Waals surface area contributed by atoms with Gasteiger partial charge in [0.1, 0.15) is 0 Å². The van der Waals surface area contributed by atoms with Crippen molar-refractivity contribution in [3.05, 3.63) is 0 Å². The van der Waals surface area contributed by atoms with Crippen LogP contribution in [-0.2, 0) is 0 Å². The minimum Gasteiger partial charge on any atom is -0.412 e. The number of hydrogen-bond acceptors (Lipinski definition) is 2. The van der Waals surface area contributed by atoms with Crippen LogP contribution in [0.5, 0.6) is 0 Å². The van der Waals surface area contributed by atoms with E-state index in [1.807, 2.05) is 0 Å². The zero-order valence-electron chi connectivity index (χ0n) is 5.55. The van der Waals surface area contributed by atoms with E-state index in [0.29, 0.717) is 6.16 Å². The topological polar surface area (TPSA) is 72.0 Å². The molecule has 0 spiro atoms. The van der Waals surface area contributed by atoms with Crippen LogP contribution in [0.25, 0.3) is 0 Å². The molecule has 0 aromatic carbocycles. The van der Waals surface area contributed by atoms with E-state index in [4.69, 9.17) is 9.79 Å². The zero-order chi connectivity index (χ0) is 6.15. The molecule has 0 radical (unpaired) electrons. The molecule has 3 nitrogen and oxygen atoms in total. The molecule has 0 atom stereocenters. The van der Waals surface area contributed by atoms with Crippen LogP contribution in [0.4, 0.5) is 0 Å². The van der Waals surface area contributed by atoms with E-state index < -0.39 is 7.06 Å². The van der Waals surface area contributed by atoms with Gasteiger partial charge in [0.2, 0.25) is 0 Å². The summed E-state index contributed by atoms with van der Waals surface area (Å²) in [6.45, 7) is 4.79. The summed E-state index contributed by atoms with van der Waals surface area (Å²) in [5, 5.41) is 0. The fourth-order valence-electron chi connectivity index (χ4n) is 0. The van der Waals surface area contributed by atoms with Gasteiger partial charge in [0.25, 0.3) is 0 Å². The minimum atomic E-state index is -3.08. The van der Waals surface area contributed by atoms with Crippen molar-refractivity contribution in [1.29, 1.82) is 0 Å².